The van der Waals surface area contributed by atoms with Gasteiger partial charge in [0.15, 0.2) is 5.78 Å². The van der Waals surface area contributed by atoms with E-state index in [1.807, 2.05) is 6.07 Å². The molecule has 8 nitrogen and oxygen atoms in total. The molecule has 8 heteroatoms. The van der Waals surface area contributed by atoms with Crippen molar-refractivity contribution in [1.29, 1.82) is 5.26 Å². The van der Waals surface area contributed by atoms with Gasteiger partial charge in [-0.25, -0.2) is 0 Å². The molecule has 0 saturated heterocycles. The number of benzene rings is 2. The number of amides is 1. The van der Waals surface area contributed by atoms with Crippen LogP contribution in [0.15, 0.2) is 70.7 Å². The summed E-state index contributed by atoms with van der Waals surface area (Å²) in [7, 11) is 0. The number of nitrogens with zero attached hydrogens (tertiary/aromatic N) is 2. The van der Waals surface area contributed by atoms with Crippen molar-refractivity contribution < 1.29 is 18.9 Å². The summed E-state index contributed by atoms with van der Waals surface area (Å²) in [6, 6.07) is 17.2. The molecule has 3 aromatic rings. The number of ketones is 1. The van der Waals surface area contributed by atoms with Crippen LogP contribution in [-0.2, 0) is 4.79 Å². The maximum absolute atomic E-state index is 12.4. The number of rotatable bonds is 6. The van der Waals surface area contributed by atoms with Crippen LogP contribution in [0.1, 0.15) is 23.0 Å². The Bertz CT molecular complexity index is 1200. The molecule has 0 fully saturated rings. The van der Waals surface area contributed by atoms with Gasteiger partial charge in [0.2, 0.25) is 0 Å². The lowest BCUT2D eigenvalue weighted by molar-refractivity contribution is -0.384. The standard InChI is InChI=1S/C22H15N3O5/c1-14(26)16-3-2-4-18(11-16)24-22(27)17(13-23)12-20-9-10-21(30-20)15-5-7-19(8-6-15)25(28)29/h2-12H,1H3,(H,24,27)/b17-12+. The molecule has 0 bridgehead atoms. The van der Waals surface area contributed by atoms with Crippen LogP contribution in [0.5, 0.6) is 0 Å². The van der Waals surface area contributed by atoms with E-state index in [9.17, 15) is 25.0 Å². The van der Waals surface area contributed by atoms with Crippen molar-refractivity contribution in [2.24, 2.45) is 0 Å². The van der Waals surface area contributed by atoms with Gasteiger partial charge < -0.3 is 9.73 Å². The third-order valence-electron chi connectivity index (χ3n) is 4.17. The van der Waals surface area contributed by atoms with Gasteiger partial charge in [-0.05, 0) is 43.3 Å². The molecule has 0 aliphatic rings. The van der Waals surface area contributed by atoms with Crippen molar-refractivity contribution in [2.75, 3.05) is 5.32 Å². The summed E-state index contributed by atoms with van der Waals surface area (Å²) in [6.45, 7) is 1.42. The third-order valence-corrected chi connectivity index (χ3v) is 4.17. The van der Waals surface area contributed by atoms with Crippen molar-refractivity contribution in [1.82, 2.24) is 0 Å². The molecule has 1 heterocycles. The van der Waals surface area contributed by atoms with Crippen LogP contribution in [-0.4, -0.2) is 16.6 Å². The molecule has 0 unspecified atom stereocenters. The number of carbonyl (C=O) groups is 2. The van der Waals surface area contributed by atoms with Crippen LogP contribution < -0.4 is 5.32 Å². The van der Waals surface area contributed by atoms with Crippen molar-refractivity contribution in [3.8, 4) is 17.4 Å². The molecule has 30 heavy (non-hydrogen) atoms. The summed E-state index contributed by atoms with van der Waals surface area (Å²) in [5.74, 6) is -0.0847. The first-order valence-corrected chi connectivity index (χ1v) is 8.76. The van der Waals surface area contributed by atoms with Gasteiger partial charge in [0.05, 0.1) is 4.92 Å². The van der Waals surface area contributed by atoms with E-state index in [0.29, 0.717) is 22.6 Å². The number of carbonyl (C=O) groups excluding carboxylic acids is 2. The van der Waals surface area contributed by atoms with E-state index in [2.05, 4.69) is 5.32 Å². The zero-order valence-electron chi connectivity index (χ0n) is 15.8. The SMILES string of the molecule is CC(=O)c1cccc(NC(=O)/C(C#N)=C/c2ccc(-c3ccc([N+](=O)[O-])cc3)o2)c1. The Balaban J connectivity index is 1.78. The zero-order chi connectivity index (χ0) is 21.7. The van der Waals surface area contributed by atoms with E-state index in [1.165, 1.54) is 31.2 Å². The van der Waals surface area contributed by atoms with Gasteiger partial charge in [-0.3, -0.25) is 19.7 Å². The Morgan fingerprint density at radius 2 is 1.87 bits per heavy atom. The molecular formula is C22H15N3O5. The molecule has 0 spiro atoms. The van der Waals surface area contributed by atoms with Gasteiger partial charge in [-0.15, -0.1) is 0 Å². The van der Waals surface area contributed by atoms with Gasteiger partial charge in [-0.2, -0.15) is 5.26 Å². The van der Waals surface area contributed by atoms with Gasteiger partial charge in [-0.1, -0.05) is 12.1 Å². The number of Topliss-reactive ketones (excluding diaryl/α,β-unsaturated/α-hetero) is 1. The summed E-state index contributed by atoms with van der Waals surface area (Å²) in [6.07, 6.45) is 1.29. The number of furan rings is 1. The van der Waals surface area contributed by atoms with E-state index < -0.39 is 10.8 Å². The quantitative estimate of drug-likeness (QED) is 0.211. The van der Waals surface area contributed by atoms with Crippen LogP contribution in [0, 0.1) is 21.4 Å². The first kappa shape index (κ1) is 20.2. The molecule has 148 valence electrons. The maximum atomic E-state index is 12.4. The Morgan fingerprint density at radius 1 is 1.13 bits per heavy atom. The fourth-order valence-electron chi connectivity index (χ4n) is 2.64. The second-order valence-corrected chi connectivity index (χ2v) is 6.27. The van der Waals surface area contributed by atoms with Crippen LogP contribution in [0.25, 0.3) is 17.4 Å². The van der Waals surface area contributed by atoms with Gasteiger partial charge >= 0.3 is 0 Å². The molecule has 0 atom stereocenters. The average molecular weight is 401 g/mol. The number of nitrogens with one attached hydrogen (secondary N) is 1. The van der Waals surface area contributed by atoms with Gasteiger partial charge in [0, 0.05) is 35.0 Å². The Morgan fingerprint density at radius 3 is 2.50 bits per heavy atom. The van der Waals surface area contributed by atoms with E-state index in [4.69, 9.17) is 4.42 Å². The molecule has 1 N–H and O–H groups in total. The Labute approximate surface area is 171 Å². The van der Waals surface area contributed by atoms with Crippen molar-refractivity contribution in [3.63, 3.8) is 0 Å². The molecule has 0 aliphatic carbocycles. The first-order valence-electron chi connectivity index (χ1n) is 8.76. The second-order valence-electron chi connectivity index (χ2n) is 6.27. The van der Waals surface area contributed by atoms with E-state index in [-0.39, 0.29) is 22.8 Å². The summed E-state index contributed by atoms with van der Waals surface area (Å²) in [5.41, 5.74) is 1.22. The fourth-order valence-corrected chi connectivity index (χ4v) is 2.64. The van der Waals surface area contributed by atoms with E-state index in [1.54, 1.807) is 42.5 Å². The lowest BCUT2D eigenvalue weighted by Crippen LogP contribution is -2.13. The van der Waals surface area contributed by atoms with Crippen LogP contribution in [0.4, 0.5) is 11.4 Å². The van der Waals surface area contributed by atoms with Crippen LogP contribution in [0.2, 0.25) is 0 Å². The summed E-state index contributed by atoms with van der Waals surface area (Å²) < 4.78 is 5.63. The van der Waals surface area contributed by atoms with Gasteiger partial charge in [0.25, 0.3) is 11.6 Å². The molecular weight excluding hydrogens is 386 g/mol. The minimum Gasteiger partial charge on any atom is -0.457 e. The van der Waals surface area contributed by atoms with Crippen molar-refractivity contribution in [3.05, 3.63) is 87.7 Å². The average Bonchev–Trinajstić information content (AvgIpc) is 3.20. The molecule has 0 radical (unpaired) electrons. The molecule has 2 aromatic carbocycles. The highest BCUT2D eigenvalue weighted by Crippen LogP contribution is 2.25. The summed E-state index contributed by atoms with van der Waals surface area (Å²) >= 11 is 0. The number of nitriles is 1. The summed E-state index contributed by atoms with van der Waals surface area (Å²) in [4.78, 5) is 34.1. The van der Waals surface area contributed by atoms with Gasteiger partial charge in [0.1, 0.15) is 23.2 Å². The molecule has 1 amide bonds. The van der Waals surface area contributed by atoms with E-state index >= 15 is 0 Å². The largest absolute Gasteiger partial charge is 0.457 e. The number of nitro groups is 1. The minimum absolute atomic E-state index is 0.0392. The smallest absolute Gasteiger partial charge is 0.269 e. The lowest BCUT2D eigenvalue weighted by Gasteiger charge is -2.05. The number of hydrogen-bond donors (Lipinski definition) is 1. The predicted octanol–water partition coefficient (Wildman–Crippen LogP) is 4.60. The van der Waals surface area contributed by atoms with Crippen molar-refractivity contribution >= 4 is 29.1 Å². The fraction of sp³-hybridized carbons (Fsp3) is 0.0455. The highest BCUT2D eigenvalue weighted by molar-refractivity contribution is 6.10. The van der Waals surface area contributed by atoms with E-state index in [0.717, 1.165) is 0 Å². The van der Waals surface area contributed by atoms with Crippen LogP contribution in [0.3, 0.4) is 0 Å². The number of nitro benzene ring substituents is 1. The normalized spacial score (nSPS) is 10.9. The zero-order valence-corrected chi connectivity index (χ0v) is 15.8. The predicted molar refractivity (Wildman–Crippen MR) is 109 cm³/mol. The maximum Gasteiger partial charge on any atom is 0.269 e. The monoisotopic (exact) mass is 401 g/mol. The Hall–Kier alpha value is -4.51. The number of anilines is 1. The lowest BCUT2D eigenvalue weighted by atomic mass is 10.1. The van der Waals surface area contributed by atoms with Crippen LogP contribution >= 0.6 is 0 Å². The Kier molecular flexibility index (Phi) is 5.84. The third kappa shape index (κ3) is 4.66. The van der Waals surface area contributed by atoms with Crippen molar-refractivity contribution in [2.45, 2.75) is 6.92 Å². The molecule has 3 rings (SSSR count). The molecule has 0 aliphatic heterocycles. The number of non-ortho nitro benzene ring substituents is 1. The first-order chi connectivity index (χ1) is 14.4. The second kappa shape index (κ2) is 8.67. The topological polar surface area (TPSA) is 126 Å². The summed E-state index contributed by atoms with van der Waals surface area (Å²) in [5, 5.41) is 22.7. The minimum atomic E-state index is -0.647. The molecule has 0 saturated carbocycles. The highest BCUT2D eigenvalue weighted by Gasteiger charge is 2.13. The highest BCUT2D eigenvalue weighted by atomic mass is 16.6. The number of hydrogen-bond acceptors (Lipinski definition) is 6. The molecule has 1 aromatic heterocycles.